The smallest absolute Gasteiger partial charge is 0.137 e. The molecule has 1 fully saturated rings. The van der Waals surface area contributed by atoms with Crippen LogP contribution < -0.4 is 5.73 Å². The van der Waals surface area contributed by atoms with Gasteiger partial charge in [-0.1, -0.05) is 25.1 Å². The summed E-state index contributed by atoms with van der Waals surface area (Å²) in [4.78, 5) is 0. The molecule has 1 heterocycles. The number of rotatable bonds is 3. The molecule has 16 heavy (non-hydrogen) atoms. The summed E-state index contributed by atoms with van der Waals surface area (Å²) in [7, 11) is 0. The molecule has 2 nitrogen and oxygen atoms in total. The van der Waals surface area contributed by atoms with Gasteiger partial charge in [-0.2, -0.15) is 0 Å². The molecule has 2 aromatic rings. The molecule has 0 spiro atoms. The van der Waals surface area contributed by atoms with Crippen LogP contribution in [0.4, 0.5) is 0 Å². The van der Waals surface area contributed by atoms with E-state index in [1.807, 2.05) is 0 Å². The van der Waals surface area contributed by atoms with E-state index in [2.05, 4.69) is 31.2 Å². The second-order valence-corrected chi connectivity index (χ2v) is 4.70. The molecule has 1 unspecified atom stereocenters. The van der Waals surface area contributed by atoms with Gasteiger partial charge in [0.25, 0.3) is 0 Å². The molecule has 0 radical (unpaired) electrons. The summed E-state index contributed by atoms with van der Waals surface area (Å²) in [5, 5.41) is 1.19. The van der Waals surface area contributed by atoms with E-state index in [1.54, 1.807) is 0 Å². The first kappa shape index (κ1) is 9.91. The number of aryl methyl sites for hydroxylation is 1. The number of hydrogen-bond donors (Lipinski definition) is 1. The first-order chi connectivity index (χ1) is 7.79. The van der Waals surface area contributed by atoms with Gasteiger partial charge >= 0.3 is 0 Å². The Balaban J connectivity index is 2.07. The molecule has 1 aromatic carbocycles. The number of hydrogen-bond acceptors (Lipinski definition) is 2. The molecule has 3 rings (SSSR count). The monoisotopic (exact) mass is 215 g/mol. The molecule has 2 heteroatoms. The van der Waals surface area contributed by atoms with Gasteiger partial charge in [-0.15, -0.1) is 0 Å². The van der Waals surface area contributed by atoms with Crippen molar-refractivity contribution in [2.45, 2.75) is 32.2 Å². The van der Waals surface area contributed by atoms with Gasteiger partial charge in [0.2, 0.25) is 0 Å². The van der Waals surface area contributed by atoms with E-state index in [0.29, 0.717) is 5.92 Å². The summed E-state index contributed by atoms with van der Waals surface area (Å²) in [6.45, 7) is 2.15. The Morgan fingerprint density at radius 2 is 2.25 bits per heavy atom. The Kier molecular flexibility index (Phi) is 2.25. The number of fused-ring (bicyclic) bond motifs is 1. The van der Waals surface area contributed by atoms with Gasteiger partial charge in [0, 0.05) is 5.39 Å². The van der Waals surface area contributed by atoms with Gasteiger partial charge in [-0.05, 0) is 36.8 Å². The van der Waals surface area contributed by atoms with Crippen molar-refractivity contribution in [2.24, 2.45) is 11.7 Å². The van der Waals surface area contributed by atoms with E-state index in [4.69, 9.17) is 10.2 Å². The van der Waals surface area contributed by atoms with Crippen LogP contribution in [0.25, 0.3) is 11.0 Å². The van der Waals surface area contributed by atoms with E-state index in [-0.39, 0.29) is 6.04 Å². The largest absolute Gasteiger partial charge is 0.459 e. The van der Waals surface area contributed by atoms with E-state index in [9.17, 15) is 0 Å². The zero-order valence-electron chi connectivity index (χ0n) is 9.57. The highest BCUT2D eigenvalue weighted by Gasteiger charge is 2.31. The maximum atomic E-state index is 6.16. The van der Waals surface area contributed by atoms with Crippen LogP contribution in [0.3, 0.4) is 0 Å². The van der Waals surface area contributed by atoms with Gasteiger partial charge in [0.15, 0.2) is 0 Å². The summed E-state index contributed by atoms with van der Waals surface area (Å²) in [6.07, 6.45) is 3.50. The topological polar surface area (TPSA) is 39.2 Å². The highest BCUT2D eigenvalue weighted by atomic mass is 16.3. The highest BCUT2D eigenvalue weighted by Crippen LogP contribution is 2.41. The highest BCUT2D eigenvalue weighted by molar-refractivity contribution is 5.81. The molecule has 84 valence electrons. The van der Waals surface area contributed by atoms with Crippen LogP contribution in [0.5, 0.6) is 0 Å². The second-order valence-electron chi connectivity index (χ2n) is 4.70. The van der Waals surface area contributed by atoms with Crippen LogP contribution in [-0.4, -0.2) is 0 Å². The minimum atomic E-state index is 0.0945. The second kappa shape index (κ2) is 3.63. The fourth-order valence-electron chi connectivity index (χ4n) is 2.27. The van der Waals surface area contributed by atoms with Crippen molar-refractivity contribution in [1.82, 2.24) is 0 Å². The molecule has 0 amide bonds. The van der Waals surface area contributed by atoms with Crippen molar-refractivity contribution in [1.29, 1.82) is 0 Å². The fraction of sp³-hybridized carbons (Fsp3) is 0.429. The Morgan fingerprint density at radius 1 is 1.44 bits per heavy atom. The summed E-state index contributed by atoms with van der Waals surface area (Å²) in [6, 6.07) is 8.51. The Labute approximate surface area is 95.4 Å². The maximum Gasteiger partial charge on any atom is 0.137 e. The lowest BCUT2D eigenvalue weighted by Crippen LogP contribution is -2.10. The molecular formula is C14H17NO. The molecule has 0 aliphatic heterocycles. The van der Waals surface area contributed by atoms with Gasteiger partial charge in [0.1, 0.15) is 11.3 Å². The summed E-state index contributed by atoms with van der Waals surface area (Å²) in [5.41, 5.74) is 8.46. The quantitative estimate of drug-likeness (QED) is 0.852. The minimum Gasteiger partial charge on any atom is -0.459 e. The Hall–Kier alpha value is -1.28. The average molecular weight is 215 g/mol. The molecule has 1 saturated carbocycles. The fourth-order valence-corrected chi connectivity index (χ4v) is 2.27. The Bertz CT molecular complexity index is 510. The first-order valence-corrected chi connectivity index (χ1v) is 6.06. The van der Waals surface area contributed by atoms with Crippen LogP contribution in [0.2, 0.25) is 0 Å². The van der Waals surface area contributed by atoms with Crippen LogP contribution in [-0.2, 0) is 6.42 Å². The standard InChI is InChI=1S/C14H17NO/c1-2-9-4-3-5-11-8-12(16-14(9)11)13(15)10-6-7-10/h3-5,8,10,13H,2,6-7,15H2,1H3. The lowest BCUT2D eigenvalue weighted by Gasteiger charge is -2.04. The van der Waals surface area contributed by atoms with Crippen molar-refractivity contribution in [3.05, 3.63) is 35.6 Å². The normalized spacial score (nSPS) is 17.9. The Morgan fingerprint density at radius 3 is 2.94 bits per heavy atom. The predicted octanol–water partition coefficient (Wildman–Crippen LogP) is 3.41. The van der Waals surface area contributed by atoms with E-state index in [0.717, 1.165) is 17.8 Å². The van der Waals surface area contributed by atoms with Crippen molar-refractivity contribution in [3.63, 3.8) is 0 Å². The molecule has 1 atom stereocenters. The first-order valence-electron chi connectivity index (χ1n) is 6.06. The summed E-state index contributed by atoms with van der Waals surface area (Å²) in [5.74, 6) is 1.60. The van der Waals surface area contributed by atoms with Crippen LogP contribution >= 0.6 is 0 Å². The van der Waals surface area contributed by atoms with Crippen LogP contribution in [0, 0.1) is 5.92 Å². The average Bonchev–Trinajstić information content (AvgIpc) is 3.06. The lowest BCUT2D eigenvalue weighted by molar-refractivity contribution is 0.465. The van der Waals surface area contributed by atoms with E-state index >= 15 is 0 Å². The number of para-hydroxylation sites is 1. The van der Waals surface area contributed by atoms with Crippen molar-refractivity contribution < 1.29 is 4.42 Å². The molecule has 0 bridgehead atoms. The van der Waals surface area contributed by atoms with Gasteiger partial charge < -0.3 is 10.2 Å². The lowest BCUT2D eigenvalue weighted by atomic mass is 10.1. The predicted molar refractivity (Wildman–Crippen MR) is 65.2 cm³/mol. The SMILES string of the molecule is CCc1cccc2cc(C(N)C3CC3)oc12. The van der Waals surface area contributed by atoms with Gasteiger partial charge in [-0.3, -0.25) is 0 Å². The number of furan rings is 1. The van der Waals surface area contributed by atoms with Crippen molar-refractivity contribution in [2.75, 3.05) is 0 Å². The third-order valence-electron chi connectivity index (χ3n) is 3.48. The van der Waals surface area contributed by atoms with Crippen molar-refractivity contribution in [3.8, 4) is 0 Å². The van der Waals surface area contributed by atoms with Crippen molar-refractivity contribution >= 4 is 11.0 Å². The minimum absolute atomic E-state index is 0.0945. The molecular weight excluding hydrogens is 198 g/mol. The third-order valence-corrected chi connectivity index (χ3v) is 3.48. The zero-order chi connectivity index (χ0) is 11.1. The van der Waals surface area contributed by atoms with Gasteiger partial charge in [-0.25, -0.2) is 0 Å². The molecule has 1 aliphatic carbocycles. The summed E-state index contributed by atoms with van der Waals surface area (Å²) < 4.78 is 5.93. The maximum absolute atomic E-state index is 6.16. The summed E-state index contributed by atoms with van der Waals surface area (Å²) >= 11 is 0. The molecule has 1 aromatic heterocycles. The van der Waals surface area contributed by atoms with E-state index in [1.165, 1.54) is 23.8 Å². The zero-order valence-corrected chi connectivity index (χ0v) is 9.57. The van der Waals surface area contributed by atoms with Crippen LogP contribution in [0.15, 0.2) is 28.7 Å². The van der Waals surface area contributed by atoms with Crippen LogP contribution in [0.1, 0.15) is 37.1 Å². The van der Waals surface area contributed by atoms with E-state index < -0.39 is 0 Å². The number of benzene rings is 1. The molecule has 2 N–H and O–H groups in total. The van der Waals surface area contributed by atoms with Gasteiger partial charge in [0.05, 0.1) is 6.04 Å². The molecule has 1 aliphatic rings. The third kappa shape index (κ3) is 1.54. The molecule has 0 saturated heterocycles. The number of nitrogens with two attached hydrogens (primary N) is 1.